The summed E-state index contributed by atoms with van der Waals surface area (Å²) in [6.45, 7) is 0.726. The van der Waals surface area contributed by atoms with E-state index in [2.05, 4.69) is 0 Å². The van der Waals surface area contributed by atoms with Crippen LogP contribution in [0.25, 0.3) is 0 Å². The average Bonchev–Trinajstić information content (AvgIpc) is 2.73. The SMILES string of the molecule is COc1ccc(F)c(C(=O)N2CCC(C(O)CCc3ccccc3)CC2)c1F. The maximum atomic E-state index is 14.4. The number of carbonyl (C=O) groups excluding carboxylic acids is 1. The third-order valence-corrected chi connectivity index (χ3v) is 5.43. The third-order valence-electron chi connectivity index (χ3n) is 5.43. The Morgan fingerprint density at radius 3 is 2.50 bits per heavy atom. The molecule has 0 aliphatic carbocycles. The van der Waals surface area contributed by atoms with Crippen molar-refractivity contribution in [3.63, 3.8) is 0 Å². The molecule has 0 radical (unpaired) electrons. The standard InChI is InChI=1S/C22H25F2NO3/c1-28-19-10-8-17(23)20(21(19)24)22(27)25-13-11-16(12-14-25)18(26)9-7-15-5-3-2-4-6-15/h2-6,8,10,16,18,26H,7,9,11-14H2,1H3. The number of nitrogens with zero attached hydrogens (tertiary/aromatic N) is 1. The molecule has 0 spiro atoms. The van der Waals surface area contributed by atoms with E-state index in [9.17, 15) is 18.7 Å². The van der Waals surface area contributed by atoms with Crippen molar-refractivity contribution in [1.29, 1.82) is 0 Å². The number of halogens is 2. The van der Waals surface area contributed by atoms with E-state index in [1.54, 1.807) is 0 Å². The number of ether oxygens (including phenoxy) is 1. The van der Waals surface area contributed by atoms with Gasteiger partial charge in [0.05, 0.1) is 13.2 Å². The summed E-state index contributed by atoms with van der Waals surface area (Å²) in [4.78, 5) is 14.1. The molecule has 1 aliphatic rings. The number of hydrogen-bond acceptors (Lipinski definition) is 3. The van der Waals surface area contributed by atoms with E-state index in [0.29, 0.717) is 32.4 Å². The lowest BCUT2D eigenvalue weighted by Crippen LogP contribution is -2.42. The molecule has 1 fully saturated rings. The predicted octanol–water partition coefficient (Wildman–Crippen LogP) is 3.82. The summed E-state index contributed by atoms with van der Waals surface area (Å²) < 4.78 is 33.3. The molecular formula is C22H25F2NO3. The van der Waals surface area contributed by atoms with E-state index >= 15 is 0 Å². The number of aryl methyl sites for hydroxylation is 1. The quantitative estimate of drug-likeness (QED) is 0.817. The monoisotopic (exact) mass is 389 g/mol. The van der Waals surface area contributed by atoms with Crippen molar-refractivity contribution in [2.45, 2.75) is 31.8 Å². The van der Waals surface area contributed by atoms with Crippen molar-refractivity contribution in [2.75, 3.05) is 20.2 Å². The minimum Gasteiger partial charge on any atom is -0.494 e. The van der Waals surface area contributed by atoms with Crippen molar-refractivity contribution in [3.8, 4) is 5.75 Å². The lowest BCUT2D eigenvalue weighted by molar-refractivity contribution is 0.0431. The summed E-state index contributed by atoms with van der Waals surface area (Å²) in [5, 5.41) is 10.5. The highest BCUT2D eigenvalue weighted by atomic mass is 19.1. The number of rotatable bonds is 6. The molecule has 1 heterocycles. The van der Waals surface area contributed by atoms with Gasteiger partial charge < -0.3 is 14.7 Å². The fourth-order valence-corrected chi connectivity index (χ4v) is 3.73. The fourth-order valence-electron chi connectivity index (χ4n) is 3.73. The molecule has 1 atom stereocenters. The number of aliphatic hydroxyl groups is 1. The number of amides is 1. The Bertz CT molecular complexity index is 805. The largest absolute Gasteiger partial charge is 0.494 e. The van der Waals surface area contributed by atoms with Gasteiger partial charge in [0.25, 0.3) is 5.91 Å². The Labute approximate surface area is 163 Å². The summed E-state index contributed by atoms with van der Waals surface area (Å²) in [7, 11) is 1.27. The summed E-state index contributed by atoms with van der Waals surface area (Å²) in [5.41, 5.74) is 0.598. The summed E-state index contributed by atoms with van der Waals surface area (Å²) in [6, 6.07) is 12.2. The lowest BCUT2D eigenvalue weighted by atomic mass is 9.88. The Kier molecular flexibility index (Phi) is 6.62. The van der Waals surface area contributed by atoms with Crippen molar-refractivity contribution < 1.29 is 23.4 Å². The first kappa shape index (κ1) is 20.3. The van der Waals surface area contributed by atoms with Crippen LogP contribution in [0.2, 0.25) is 0 Å². The van der Waals surface area contributed by atoms with E-state index in [-0.39, 0.29) is 11.7 Å². The lowest BCUT2D eigenvalue weighted by Gasteiger charge is -2.34. The van der Waals surface area contributed by atoms with Gasteiger partial charge in [-0.2, -0.15) is 0 Å². The van der Waals surface area contributed by atoms with Crippen molar-refractivity contribution in [1.82, 2.24) is 4.90 Å². The normalized spacial score (nSPS) is 16.1. The van der Waals surface area contributed by atoms with Gasteiger partial charge in [0, 0.05) is 13.1 Å². The molecule has 150 valence electrons. The molecular weight excluding hydrogens is 364 g/mol. The Hall–Kier alpha value is -2.47. The van der Waals surface area contributed by atoms with Crippen molar-refractivity contribution in [3.05, 3.63) is 65.2 Å². The zero-order valence-corrected chi connectivity index (χ0v) is 15.9. The van der Waals surface area contributed by atoms with Gasteiger partial charge in [-0.25, -0.2) is 8.78 Å². The van der Waals surface area contributed by atoms with Crippen LogP contribution in [0.5, 0.6) is 5.75 Å². The molecule has 3 rings (SSSR count). The maximum Gasteiger partial charge on any atom is 0.259 e. The summed E-state index contributed by atoms with van der Waals surface area (Å²) in [6.07, 6.45) is 2.20. The first-order valence-corrected chi connectivity index (χ1v) is 9.54. The zero-order chi connectivity index (χ0) is 20.1. The molecule has 0 bridgehead atoms. The van der Waals surface area contributed by atoms with Gasteiger partial charge in [0.2, 0.25) is 0 Å². The number of aliphatic hydroxyl groups excluding tert-OH is 1. The molecule has 2 aromatic carbocycles. The van der Waals surface area contributed by atoms with Gasteiger partial charge in [-0.05, 0) is 49.3 Å². The van der Waals surface area contributed by atoms with Crippen molar-refractivity contribution >= 4 is 5.91 Å². The highest BCUT2D eigenvalue weighted by Crippen LogP contribution is 2.28. The Balaban J connectivity index is 1.57. The maximum absolute atomic E-state index is 14.4. The second-order valence-corrected chi connectivity index (χ2v) is 7.16. The van der Waals surface area contributed by atoms with Gasteiger partial charge in [-0.1, -0.05) is 30.3 Å². The minimum atomic E-state index is -0.975. The topological polar surface area (TPSA) is 49.8 Å². The van der Waals surface area contributed by atoms with Crippen LogP contribution in [0, 0.1) is 17.6 Å². The molecule has 2 aromatic rings. The second kappa shape index (κ2) is 9.15. The molecule has 6 heteroatoms. The van der Waals surface area contributed by atoms with Gasteiger partial charge in [0.15, 0.2) is 11.6 Å². The summed E-state index contributed by atoms with van der Waals surface area (Å²) in [5.74, 6) is -2.62. The van der Waals surface area contributed by atoms with Gasteiger partial charge >= 0.3 is 0 Å². The van der Waals surface area contributed by atoms with Crippen LogP contribution in [0.3, 0.4) is 0 Å². The molecule has 1 aliphatic heterocycles. The molecule has 1 unspecified atom stereocenters. The fraction of sp³-hybridized carbons (Fsp3) is 0.409. The van der Waals surface area contributed by atoms with Crippen LogP contribution in [0.4, 0.5) is 8.78 Å². The van der Waals surface area contributed by atoms with Crippen LogP contribution in [0.15, 0.2) is 42.5 Å². The van der Waals surface area contributed by atoms with Gasteiger partial charge in [-0.15, -0.1) is 0 Å². The Morgan fingerprint density at radius 2 is 1.86 bits per heavy atom. The number of benzene rings is 2. The molecule has 4 nitrogen and oxygen atoms in total. The molecule has 1 N–H and O–H groups in total. The first-order chi connectivity index (χ1) is 13.5. The minimum absolute atomic E-state index is 0.0766. The molecule has 28 heavy (non-hydrogen) atoms. The van der Waals surface area contributed by atoms with E-state index in [1.807, 2.05) is 30.3 Å². The van der Waals surface area contributed by atoms with E-state index in [4.69, 9.17) is 4.74 Å². The number of methoxy groups -OCH3 is 1. The second-order valence-electron chi connectivity index (χ2n) is 7.16. The average molecular weight is 389 g/mol. The number of carbonyl (C=O) groups is 1. The molecule has 0 aromatic heterocycles. The molecule has 1 amide bonds. The van der Waals surface area contributed by atoms with E-state index < -0.39 is 29.2 Å². The third kappa shape index (κ3) is 4.50. The van der Waals surface area contributed by atoms with Gasteiger partial charge in [-0.3, -0.25) is 4.79 Å². The van der Waals surface area contributed by atoms with Crippen LogP contribution in [0.1, 0.15) is 35.2 Å². The highest BCUT2D eigenvalue weighted by Gasteiger charge is 2.31. The molecule has 1 saturated heterocycles. The van der Waals surface area contributed by atoms with E-state index in [0.717, 1.165) is 18.6 Å². The van der Waals surface area contributed by atoms with Gasteiger partial charge in [0.1, 0.15) is 11.4 Å². The number of hydrogen-bond donors (Lipinski definition) is 1. The first-order valence-electron chi connectivity index (χ1n) is 9.54. The van der Waals surface area contributed by atoms with E-state index in [1.165, 1.54) is 17.6 Å². The highest BCUT2D eigenvalue weighted by molar-refractivity contribution is 5.95. The Morgan fingerprint density at radius 1 is 1.18 bits per heavy atom. The summed E-state index contributed by atoms with van der Waals surface area (Å²) >= 11 is 0. The molecule has 0 saturated carbocycles. The van der Waals surface area contributed by atoms with Crippen LogP contribution in [-0.4, -0.2) is 42.2 Å². The van der Waals surface area contributed by atoms with Crippen molar-refractivity contribution in [2.24, 2.45) is 5.92 Å². The van der Waals surface area contributed by atoms with Crippen LogP contribution in [-0.2, 0) is 6.42 Å². The predicted molar refractivity (Wildman–Crippen MR) is 102 cm³/mol. The van der Waals surface area contributed by atoms with Crippen LogP contribution < -0.4 is 4.74 Å². The number of piperidine rings is 1. The number of likely N-dealkylation sites (tertiary alicyclic amines) is 1. The van der Waals surface area contributed by atoms with Crippen LogP contribution >= 0.6 is 0 Å². The smallest absolute Gasteiger partial charge is 0.259 e. The zero-order valence-electron chi connectivity index (χ0n) is 15.9.